The largest absolute Gasteiger partial charge is 0.466 e. The molecule has 0 radical (unpaired) electrons. The van der Waals surface area contributed by atoms with E-state index in [9.17, 15) is 4.79 Å². The van der Waals surface area contributed by atoms with Gasteiger partial charge in [0.1, 0.15) is 11.2 Å². The van der Waals surface area contributed by atoms with E-state index in [1.165, 1.54) is 0 Å². The number of para-hydroxylation sites is 1. The molecule has 1 heterocycles. The number of ether oxygens (including phenoxy) is 1. The van der Waals surface area contributed by atoms with Crippen molar-refractivity contribution in [2.45, 2.75) is 20.3 Å². The maximum Gasteiger partial charge on any atom is 0.310 e. The van der Waals surface area contributed by atoms with Crippen LogP contribution in [0, 0.1) is 6.92 Å². The molecule has 0 spiro atoms. The Hall–Kier alpha value is -2.29. The van der Waals surface area contributed by atoms with E-state index in [4.69, 9.17) is 9.15 Å². The van der Waals surface area contributed by atoms with E-state index in [0.717, 1.165) is 33.1 Å². The molecular weight excluding hydrogens is 252 g/mol. The zero-order valence-electron chi connectivity index (χ0n) is 11.6. The molecule has 0 saturated carbocycles. The number of carbonyl (C=O) groups excluding carboxylic acids is 1. The van der Waals surface area contributed by atoms with Crippen LogP contribution in [0.25, 0.3) is 21.9 Å². The summed E-state index contributed by atoms with van der Waals surface area (Å²) in [5.41, 5.74) is 3.73. The molecule has 0 fully saturated rings. The van der Waals surface area contributed by atoms with Crippen LogP contribution in [0.2, 0.25) is 0 Å². The molecular formula is C17H16O3. The first-order valence-corrected chi connectivity index (χ1v) is 6.76. The zero-order chi connectivity index (χ0) is 14.1. The summed E-state index contributed by atoms with van der Waals surface area (Å²) < 4.78 is 10.9. The molecule has 2 aromatic carbocycles. The highest BCUT2D eigenvalue weighted by Gasteiger charge is 2.15. The fourth-order valence-electron chi connectivity index (χ4n) is 2.58. The molecule has 0 atom stereocenters. The smallest absolute Gasteiger partial charge is 0.310 e. The molecule has 0 amide bonds. The molecule has 0 bridgehead atoms. The van der Waals surface area contributed by atoms with Crippen LogP contribution in [0.1, 0.15) is 18.1 Å². The van der Waals surface area contributed by atoms with Gasteiger partial charge in [0.15, 0.2) is 0 Å². The highest BCUT2D eigenvalue weighted by atomic mass is 16.5. The highest BCUT2D eigenvalue weighted by Crippen LogP contribution is 2.33. The Morgan fingerprint density at radius 2 is 1.95 bits per heavy atom. The summed E-state index contributed by atoms with van der Waals surface area (Å²) in [5, 5.41) is 2.07. The third-order valence-electron chi connectivity index (χ3n) is 3.51. The van der Waals surface area contributed by atoms with E-state index in [0.29, 0.717) is 6.61 Å². The van der Waals surface area contributed by atoms with Crippen molar-refractivity contribution in [3.05, 3.63) is 47.5 Å². The van der Waals surface area contributed by atoms with Crippen LogP contribution in [0.4, 0.5) is 0 Å². The van der Waals surface area contributed by atoms with Crippen LogP contribution >= 0.6 is 0 Å². The number of carbonyl (C=O) groups is 1. The van der Waals surface area contributed by atoms with Crippen LogP contribution in [-0.4, -0.2) is 12.6 Å². The van der Waals surface area contributed by atoms with E-state index < -0.39 is 0 Å². The lowest BCUT2D eigenvalue weighted by molar-refractivity contribution is -0.142. The first-order chi connectivity index (χ1) is 9.70. The molecule has 20 heavy (non-hydrogen) atoms. The van der Waals surface area contributed by atoms with Gasteiger partial charge in [0.2, 0.25) is 0 Å². The molecule has 0 aliphatic heterocycles. The molecule has 3 rings (SSSR count). The van der Waals surface area contributed by atoms with Gasteiger partial charge >= 0.3 is 5.97 Å². The predicted molar refractivity (Wildman–Crippen MR) is 78.8 cm³/mol. The van der Waals surface area contributed by atoms with E-state index in [1.807, 2.05) is 50.2 Å². The lowest BCUT2D eigenvalue weighted by atomic mass is 9.99. The summed E-state index contributed by atoms with van der Waals surface area (Å²) in [7, 11) is 0. The average molecular weight is 268 g/mol. The number of benzene rings is 2. The Morgan fingerprint density at radius 3 is 2.75 bits per heavy atom. The van der Waals surface area contributed by atoms with Gasteiger partial charge in [0.05, 0.1) is 13.0 Å². The van der Waals surface area contributed by atoms with Crippen molar-refractivity contribution in [2.24, 2.45) is 0 Å². The second-order valence-electron chi connectivity index (χ2n) is 4.81. The summed E-state index contributed by atoms with van der Waals surface area (Å²) in [6.45, 7) is 4.23. The zero-order valence-corrected chi connectivity index (χ0v) is 11.6. The average Bonchev–Trinajstić information content (AvgIpc) is 2.81. The van der Waals surface area contributed by atoms with Gasteiger partial charge < -0.3 is 9.15 Å². The lowest BCUT2D eigenvalue weighted by Crippen LogP contribution is -2.08. The van der Waals surface area contributed by atoms with Crippen LogP contribution < -0.4 is 0 Å². The van der Waals surface area contributed by atoms with Crippen molar-refractivity contribution < 1.29 is 13.9 Å². The number of fused-ring (bicyclic) bond motifs is 3. The van der Waals surface area contributed by atoms with Crippen molar-refractivity contribution in [3.8, 4) is 0 Å². The SMILES string of the molecule is CCOC(=O)Cc1c(C)ccc2oc3ccccc3c12. The third-order valence-corrected chi connectivity index (χ3v) is 3.51. The van der Waals surface area contributed by atoms with Crippen molar-refractivity contribution in [1.82, 2.24) is 0 Å². The highest BCUT2D eigenvalue weighted by molar-refractivity contribution is 6.08. The van der Waals surface area contributed by atoms with E-state index in [1.54, 1.807) is 0 Å². The quantitative estimate of drug-likeness (QED) is 0.674. The van der Waals surface area contributed by atoms with Gasteiger partial charge in [0.25, 0.3) is 0 Å². The minimum Gasteiger partial charge on any atom is -0.466 e. The second-order valence-corrected chi connectivity index (χ2v) is 4.81. The van der Waals surface area contributed by atoms with E-state index >= 15 is 0 Å². The third kappa shape index (κ3) is 2.05. The number of furan rings is 1. The Labute approximate surface area is 117 Å². The summed E-state index contributed by atoms with van der Waals surface area (Å²) in [6.07, 6.45) is 0.278. The second kappa shape index (κ2) is 5.00. The van der Waals surface area contributed by atoms with E-state index in [-0.39, 0.29) is 12.4 Å². The molecule has 0 N–H and O–H groups in total. The molecule has 3 aromatic rings. The number of esters is 1. The number of hydrogen-bond acceptors (Lipinski definition) is 3. The Kier molecular flexibility index (Phi) is 3.18. The molecule has 102 valence electrons. The molecule has 1 aromatic heterocycles. The van der Waals surface area contributed by atoms with Crippen LogP contribution in [-0.2, 0) is 16.0 Å². The summed E-state index contributed by atoms with van der Waals surface area (Å²) in [6, 6.07) is 11.8. The standard InChI is InChI=1S/C17H16O3/c1-3-19-16(18)10-13-11(2)8-9-15-17(13)12-6-4-5-7-14(12)20-15/h4-9H,3,10H2,1-2H3. The van der Waals surface area contributed by atoms with Gasteiger partial charge in [-0.05, 0) is 37.1 Å². The summed E-state index contributed by atoms with van der Waals surface area (Å²) in [5.74, 6) is -0.201. The Morgan fingerprint density at radius 1 is 1.15 bits per heavy atom. The minimum atomic E-state index is -0.201. The van der Waals surface area contributed by atoms with Gasteiger partial charge in [-0.3, -0.25) is 4.79 Å². The van der Waals surface area contributed by atoms with Gasteiger partial charge in [0, 0.05) is 10.8 Å². The van der Waals surface area contributed by atoms with Gasteiger partial charge in [-0.1, -0.05) is 24.3 Å². The maximum atomic E-state index is 11.8. The molecule has 0 aliphatic rings. The maximum absolute atomic E-state index is 11.8. The van der Waals surface area contributed by atoms with Crippen molar-refractivity contribution in [3.63, 3.8) is 0 Å². The number of aryl methyl sites for hydroxylation is 1. The Balaban J connectivity index is 2.23. The van der Waals surface area contributed by atoms with Gasteiger partial charge in [-0.25, -0.2) is 0 Å². The molecule has 0 unspecified atom stereocenters. The van der Waals surface area contributed by atoms with Crippen molar-refractivity contribution in [2.75, 3.05) is 6.61 Å². The first kappa shape index (κ1) is 12.7. The van der Waals surface area contributed by atoms with E-state index in [2.05, 4.69) is 0 Å². The summed E-state index contributed by atoms with van der Waals surface area (Å²) in [4.78, 5) is 11.8. The Bertz CT molecular complexity index is 783. The number of rotatable bonds is 3. The topological polar surface area (TPSA) is 39.4 Å². The lowest BCUT2D eigenvalue weighted by Gasteiger charge is -2.07. The fourth-order valence-corrected chi connectivity index (χ4v) is 2.58. The molecule has 0 aliphatic carbocycles. The van der Waals surface area contributed by atoms with Crippen LogP contribution in [0.3, 0.4) is 0 Å². The fraction of sp³-hybridized carbons (Fsp3) is 0.235. The van der Waals surface area contributed by atoms with Gasteiger partial charge in [-0.2, -0.15) is 0 Å². The summed E-state index contributed by atoms with van der Waals surface area (Å²) >= 11 is 0. The van der Waals surface area contributed by atoms with Crippen LogP contribution in [0.5, 0.6) is 0 Å². The monoisotopic (exact) mass is 268 g/mol. The number of hydrogen-bond donors (Lipinski definition) is 0. The molecule has 3 nitrogen and oxygen atoms in total. The predicted octanol–water partition coefficient (Wildman–Crippen LogP) is 4.00. The van der Waals surface area contributed by atoms with Crippen molar-refractivity contribution in [1.29, 1.82) is 0 Å². The van der Waals surface area contributed by atoms with Gasteiger partial charge in [-0.15, -0.1) is 0 Å². The normalized spacial score (nSPS) is 11.1. The van der Waals surface area contributed by atoms with Crippen LogP contribution in [0.15, 0.2) is 40.8 Å². The van der Waals surface area contributed by atoms with Crippen molar-refractivity contribution >= 4 is 27.9 Å². The minimum absolute atomic E-state index is 0.201. The molecule has 0 saturated heterocycles. The molecule has 3 heteroatoms. The first-order valence-electron chi connectivity index (χ1n) is 6.76.